The second kappa shape index (κ2) is 12.9. The zero-order chi connectivity index (χ0) is 32.2. The average Bonchev–Trinajstić information content (AvgIpc) is 3.94. The lowest BCUT2D eigenvalue weighted by molar-refractivity contribution is 0.403. The molecule has 12 nitrogen and oxygen atoms in total. The zero-order valence-electron chi connectivity index (χ0n) is 26.2. The van der Waals surface area contributed by atoms with Crippen molar-refractivity contribution < 1.29 is 0 Å². The van der Waals surface area contributed by atoms with Crippen LogP contribution in [0.15, 0.2) is 97.1 Å². The largest absolute Gasteiger partial charge is 0.324 e. The predicted octanol–water partition coefficient (Wildman–Crippen LogP) is 5.59. The third-order valence-corrected chi connectivity index (χ3v) is 8.62. The molecule has 0 amide bonds. The van der Waals surface area contributed by atoms with Crippen molar-refractivity contribution in [3.63, 3.8) is 0 Å². The van der Waals surface area contributed by atoms with Crippen LogP contribution < -0.4 is 5.73 Å². The van der Waals surface area contributed by atoms with Crippen LogP contribution in [0.1, 0.15) is 49.5 Å². The van der Waals surface area contributed by atoms with E-state index in [0.717, 1.165) is 69.6 Å². The number of benzene rings is 4. The normalized spacial score (nSPS) is 11.6. The van der Waals surface area contributed by atoms with E-state index in [4.69, 9.17) is 15.8 Å². The smallest absolute Gasteiger partial charge is 0.205 e. The fraction of sp³-hybridized carbons (Fsp3) is 0.200. The molecular weight excluding hydrogens is 588 g/mol. The van der Waals surface area contributed by atoms with Gasteiger partial charge in [0.2, 0.25) is 11.6 Å². The molecule has 0 spiro atoms. The number of H-pyrrole nitrogens is 2. The van der Waals surface area contributed by atoms with Crippen LogP contribution in [-0.4, -0.2) is 56.0 Å². The van der Waals surface area contributed by atoms with Crippen molar-refractivity contribution in [1.29, 1.82) is 0 Å². The molecule has 4 N–H and O–H groups in total. The first-order valence-corrected chi connectivity index (χ1v) is 15.6. The topological polar surface area (TPSA) is 166 Å². The molecule has 0 aliphatic heterocycles. The number of rotatable bonds is 11. The molecule has 0 radical (unpaired) electrons. The van der Waals surface area contributed by atoms with E-state index in [2.05, 4.69) is 120 Å². The first-order chi connectivity index (χ1) is 23.1. The van der Waals surface area contributed by atoms with E-state index < -0.39 is 5.54 Å². The highest BCUT2D eigenvalue weighted by molar-refractivity contribution is 5.81. The van der Waals surface area contributed by atoms with Gasteiger partial charge in [0, 0.05) is 17.5 Å². The molecule has 3 aromatic heterocycles. The molecule has 4 aromatic carbocycles. The summed E-state index contributed by atoms with van der Waals surface area (Å²) in [6.45, 7) is 4.64. The van der Waals surface area contributed by atoms with Crippen LogP contribution in [0.25, 0.3) is 45.0 Å². The Hall–Kier alpha value is -5.88. The number of aromatic nitrogens is 11. The maximum absolute atomic E-state index is 6.09. The number of aryl methyl sites for hydroxylation is 1. The van der Waals surface area contributed by atoms with E-state index in [1.54, 1.807) is 0 Å². The molecule has 0 aliphatic carbocycles. The Labute approximate surface area is 271 Å². The van der Waals surface area contributed by atoms with Gasteiger partial charge in [-0.15, -0.1) is 20.4 Å². The second-order valence-corrected chi connectivity index (χ2v) is 11.5. The first-order valence-electron chi connectivity index (χ1n) is 15.6. The number of nitrogens with one attached hydrogen (secondary N) is 2. The van der Waals surface area contributed by atoms with E-state index in [0.29, 0.717) is 17.5 Å². The van der Waals surface area contributed by atoms with Crippen LogP contribution in [0.2, 0.25) is 0 Å². The lowest BCUT2D eigenvalue weighted by Gasteiger charge is -2.33. The summed E-state index contributed by atoms with van der Waals surface area (Å²) >= 11 is 0. The maximum Gasteiger partial charge on any atom is 0.205 e. The summed E-state index contributed by atoms with van der Waals surface area (Å²) in [4.78, 5) is 4.88. The highest BCUT2D eigenvalue weighted by Crippen LogP contribution is 2.39. The van der Waals surface area contributed by atoms with Crippen molar-refractivity contribution in [2.75, 3.05) is 0 Å². The fourth-order valence-electron chi connectivity index (χ4n) is 6.10. The van der Waals surface area contributed by atoms with Gasteiger partial charge in [0.15, 0.2) is 5.82 Å². The number of hydrogen-bond donors (Lipinski definition) is 3. The minimum absolute atomic E-state index is 0.264. The Morgan fingerprint density at radius 2 is 1.17 bits per heavy atom. The molecule has 234 valence electrons. The minimum atomic E-state index is -0.694. The summed E-state index contributed by atoms with van der Waals surface area (Å²) in [5, 5.41) is 34.5. The third-order valence-electron chi connectivity index (χ3n) is 8.62. The van der Waals surface area contributed by atoms with Crippen LogP contribution in [-0.2, 0) is 18.5 Å². The Morgan fingerprint density at radius 1 is 0.681 bits per heavy atom. The molecule has 0 atom stereocenters. The molecule has 12 heteroatoms. The third kappa shape index (κ3) is 5.59. The van der Waals surface area contributed by atoms with Crippen LogP contribution in [0.3, 0.4) is 0 Å². The van der Waals surface area contributed by atoms with Gasteiger partial charge in [0.05, 0.1) is 6.54 Å². The highest BCUT2D eigenvalue weighted by Gasteiger charge is 2.35. The number of hydrogen-bond acceptors (Lipinski definition) is 9. The lowest BCUT2D eigenvalue weighted by Crippen LogP contribution is -2.35. The van der Waals surface area contributed by atoms with E-state index in [9.17, 15) is 0 Å². The summed E-state index contributed by atoms with van der Waals surface area (Å²) in [5.74, 6) is 2.63. The van der Waals surface area contributed by atoms with Gasteiger partial charge in [-0.2, -0.15) is 15.5 Å². The number of unbranched alkanes of at least 4 members (excludes halogenated alkanes) is 1. The second-order valence-electron chi connectivity index (χ2n) is 11.5. The van der Waals surface area contributed by atoms with Crippen molar-refractivity contribution in [1.82, 2.24) is 56.0 Å². The highest BCUT2D eigenvalue weighted by atomic mass is 15.5. The molecule has 7 rings (SSSR count). The summed E-state index contributed by atoms with van der Waals surface area (Å²) in [6, 6.07) is 33.3. The van der Waals surface area contributed by atoms with Crippen molar-refractivity contribution >= 4 is 0 Å². The van der Waals surface area contributed by atoms with Gasteiger partial charge < -0.3 is 5.73 Å². The van der Waals surface area contributed by atoms with E-state index in [-0.39, 0.29) is 6.54 Å². The molecule has 0 unspecified atom stereocenters. The molecule has 0 fully saturated rings. The number of aromatic amines is 2. The fourth-order valence-corrected chi connectivity index (χ4v) is 6.10. The SMILES string of the molecule is CCCCc1nc(CN)nn1C(C)(c1ccc(-c2ccccc2-c2nn[nH]n2)cc1)c1ccc(-c2ccccc2-c2nn[nH]n2)cc1. The zero-order valence-corrected chi connectivity index (χ0v) is 26.2. The van der Waals surface area contributed by atoms with E-state index in [1.807, 2.05) is 36.4 Å². The van der Waals surface area contributed by atoms with Gasteiger partial charge >= 0.3 is 0 Å². The maximum atomic E-state index is 6.09. The summed E-state index contributed by atoms with van der Waals surface area (Å²) < 4.78 is 2.06. The molecule has 0 bridgehead atoms. The number of nitrogens with two attached hydrogens (primary N) is 1. The molecule has 0 saturated carbocycles. The first kappa shape index (κ1) is 29.8. The van der Waals surface area contributed by atoms with Crippen LogP contribution in [0, 0.1) is 0 Å². The van der Waals surface area contributed by atoms with Crippen LogP contribution in [0.5, 0.6) is 0 Å². The summed E-state index contributed by atoms with van der Waals surface area (Å²) in [7, 11) is 0. The Bertz CT molecular complexity index is 1940. The minimum Gasteiger partial charge on any atom is -0.324 e. The Morgan fingerprint density at radius 3 is 1.60 bits per heavy atom. The average molecular weight is 623 g/mol. The molecule has 3 heterocycles. The van der Waals surface area contributed by atoms with E-state index in [1.165, 1.54) is 0 Å². The summed E-state index contributed by atoms with van der Waals surface area (Å²) in [6.07, 6.45) is 2.84. The van der Waals surface area contributed by atoms with Gasteiger partial charge in [-0.3, -0.25) is 0 Å². The van der Waals surface area contributed by atoms with Gasteiger partial charge in [-0.25, -0.2) is 9.67 Å². The van der Waals surface area contributed by atoms with Gasteiger partial charge in [0.25, 0.3) is 0 Å². The monoisotopic (exact) mass is 622 g/mol. The molecular formula is C35H34N12. The van der Waals surface area contributed by atoms with Gasteiger partial charge in [-0.05, 0) is 57.2 Å². The Kier molecular flexibility index (Phi) is 8.15. The standard InChI is InChI=1S/C35H34N12/c1-3-4-13-32-37-31(22-36)42-47(32)35(2,25-18-14-23(15-19-25)27-9-5-7-11-29(27)33-38-43-44-39-33)26-20-16-24(17-21-26)28-10-6-8-12-30(28)34-40-45-46-41-34/h5-12,14-21H,3-4,13,22,36H2,1-2H3,(H,38,39,43,44)(H,40,41,45,46). The lowest BCUT2D eigenvalue weighted by atomic mass is 9.82. The van der Waals surface area contributed by atoms with Crippen molar-refractivity contribution in [2.45, 2.75) is 45.2 Å². The number of nitrogens with zero attached hydrogens (tertiary/aromatic N) is 9. The number of tetrazole rings is 2. The predicted molar refractivity (Wildman–Crippen MR) is 178 cm³/mol. The molecule has 0 aliphatic rings. The van der Waals surface area contributed by atoms with Crippen molar-refractivity contribution in [2.24, 2.45) is 5.73 Å². The Balaban J connectivity index is 1.34. The summed E-state index contributed by atoms with van der Waals surface area (Å²) in [5.41, 5.74) is 13.4. The van der Waals surface area contributed by atoms with Gasteiger partial charge in [0.1, 0.15) is 11.4 Å². The quantitative estimate of drug-likeness (QED) is 0.167. The van der Waals surface area contributed by atoms with Crippen molar-refractivity contribution in [3.05, 3.63) is 120 Å². The van der Waals surface area contributed by atoms with Crippen molar-refractivity contribution in [3.8, 4) is 45.0 Å². The van der Waals surface area contributed by atoms with Crippen LogP contribution >= 0.6 is 0 Å². The van der Waals surface area contributed by atoms with Crippen LogP contribution in [0.4, 0.5) is 0 Å². The molecule has 7 aromatic rings. The molecule has 47 heavy (non-hydrogen) atoms. The molecule has 0 saturated heterocycles. The van der Waals surface area contributed by atoms with E-state index >= 15 is 0 Å². The van der Waals surface area contributed by atoms with Gasteiger partial charge in [-0.1, -0.05) is 110 Å².